The third kappa shape index (κ3) is 4.78. The van der Waals surface area contributed by atoms with Crippen LogP contribution in [0.25, 0.3) is 16.8 Å². The van der Waals surface area contributed by atoms with E-state index in [0.29, 0.717) is 16.2 Å². The Morgan fingerprint density at radius 1 is 1.03 bits per heavy atom. The number of imidazole rings is 1. The maximum Gasteiger partial charge on any atom is 0.359 e. The lowest BCUT2D eigenvalue weighted by molar-refractivity contribution is -0.119. The van der Waals surface area contributed by atoms with Crippen molar-refractivity contribution >= 4 is 39.8 Å². The minimum Gasteiger partial charge on any atom is -0.462 e. The summed E-state index contributed by atoms with van der Waals surface area (Å²) in [7, 11) is 0. The van der Waals surface area contributed by atoms with Gasteiger partial charge in [-0.2, -0.15) is 0 Å². The topological polar surface area (TPSA) is 99.0 Å². The number of hydrogen-bond donors (Lipinski definition) is 1. The SMILES string of the molecule is CCOC(=O)c1c(-c2ccccc2)csc1NC(=O)COC(=O)c1cn2c(C)cccc2n1. The van der Waals surface area contributed by atoms with Gasteiger partial charge in [0.2, 0.25) is 0 Å². The van der Waals surface area contributed by atoms with Crippen molar-refractivity contribution in [3.63, 3.8) is 0 Å². The van der Waals surface area contributed by atoms with Gasteiger partial charge in [-0.1, -0.05) is 36.4 Å². The van der Waals surface area contributed by atoms with Gasteiger partial charge >= 0.3 is 11.9 Å². The summed E-state index contributed by atoms with van der Waals surface area (Å²) in [5, 5.41) is 4.77. The van der Waals surface area contributed by atoms with Gasteiger partial charge in [0.25, 0.3) is 5.91 Å². The number of esters is 2. The zero-order valence-corrected chi connectivity index (χ0v) is 18.8. The number of aryl methyl sites for hydroxylation is 1. The van der Waals surface area contributed by atoms with E-state index in [1.54, 1.807) is 29.0 Å². The number of aromatic nitrogens is 2. The van der Waals surface area contributed by atoms with Crippen molar-refractivity contribution in [2.75, 3.05) is 18.5 Å². The summed E-state index contributed by atoms with van der Waals surface area (Å²) in [6.07, 6.45) is 1.56. The Labute approximate surface area is 193 Å². The number of ether oxygens (including phenoxy) is 2. The maximum atomic E-state index is 12.6. The molecule has 0 saturated carbocycles. The first-order valence-electron chi connectivity index (χ1n) is 10.2. The van der Waals surface area contributed by atoms with Gasteiger partial charge in [0.15, 0.2) is 12.3 Å². The number of carbonyl (C=O) groups is 3. The highest BCUT2D eigenvalue weighted by Crippen LogP contribution is 2.36. The number of rotatable bonds is 7. The van der Waals surface area contributed by atoms with E-state index >= 15 is 0 Å². The van der Waals surface area contributed by atoms with E-state index in [-0.39, 0.29) is 17.9 Å². The molecule has 4 aromatic rings. The van der Waals surface area contributed by atoms with Gasteiger partial charge in [-0.05, 0) is 31.5 Å². The molecule has 168 valence electrons. The van der Waals surface area contributed by atoms with Crippen molar-refractivity contribution in [1.29, 1.82) is 0 Å². The molecule has 0 aliphatic rings. The molecule has 0 atom stereocenters. The fourth-order valence-corrected chi connectivity index (χ4v) is 4.27. The predicted octanol–water partition coefficient (Wildman–Crippen LogP) is 4.34. The monoisotopic (exact) mass is 463 g/mol. The molecule has 3 heterocycles. The van der Waals surface area contributed by atoms with Crippen LogP contribution in [0.15, 0.2) is 60.1 Å². The smallest absolute Gasteiger partial charge is 0.359 e. The molecule has 8 nitrogen and oxygen atoms in total. The number of carbonyl (C=O) groups excluding carboxylic acids is 3. The zero-order chi connectivity index (χ0) is 23.4. The Morgan fingerprint density at radius 2 is 1.82 bits per heavy atom. The van der Waals surface area contributed by atoms with E-state index in [1.807, 2.05) is 49.4 Å². The van der Waals surface area contributed by atoms with Gasteiger partial charge in [0.1, 0.15) is 16.2 Å². The van der Waals surface area contributed by atoms with Crippen LogP contribution in [0.4, 0.5) is 5.00 Å². The molecular formula is C24H21N3O5S. The van der Waals surface area contributed by atoms with Gasteiger partial charge in [-0.3, -0.25) is 4.79 Å². The van der Waals surface area contributed by atoms with E-state index in [9.17, 15) is 14.4 Å². The van der Waals surface area contributed by atoms with Gasteiger partial charge in [-0.15, -0.1) is 11.3 Å². The van der Waals surface area contributed by atoms with Crippen molar-refractivity contribution in [3.8, 4) is 11.1 Å². The molecule has 4 rings (SSSR count). The minimum atomic E-state index is -0.713. The highest BCUT2D eigenvalue weighted by molar-refractivity contribution is 7.15. The number of benzene rings is 1. The lowest BCUT2D eigenvalue weighted by Crippen LogP contribution is -2.22. The van der Waals surface area contributed by atoms with E-state index in [2.05, 4.69) is 10.3 Å². The Kier molecular flexibility index (Phi) is 6.50. The molecule has 1 N–H and O–H groups in total. The Balaban J connectivity index is 1.47. The zero-order valence-electron chi connectivity index (χ0n) is 18.0. The second-order valence-electron chi connectivity index (χ2n) is 7.09. The number of nitrogens with zero attached hydrogens (tertiary/aromatic N) is 2. The van der Waals surface area contributed by atoms with Crippen LogP contribution in [-0.4, -0.2) is 40.4 Å². The summed E-state index contributed by atoms with van der Waals surface area (Å²) in [4.78, 5) is 41.7. The summed E-state index contributed by atoms with van der Waals surface area (Å²) in [5.74, 6) is -1.82. The molecule has 3 aromatic heterocycles. The van der Waals surface area contributed by atoms with Crippen molar-refractivity contribution in [2.24, 2.45) is 0 Å². The molecule has 0 bridgehead atoms. The molecule has 9 heteroatoms. The van der Waals surface area contributed by atoms with Gasteiger partial charge in [0.05, 0.1) is 6.61 Å². The van der Waals surface area contributed by atoms with Crippen molar-refractivity contribution in [2.45, 2.75) is 13.8 Å². The predicted molar refractivity (Wildman–Crippen MR) is 125 cm³/mol. The first-order valence-corrected chi connectivity index (χ1v) is 11.1. The second-order valence-corrected chi connectivity index (χ2v) is 7.97. The molecule has 0 aliphatic carbocycles. The average Bonchev–Trinajstić information content (AvgIpc) is 3.44. The number of hydrogen-bond acceptors (Lipinski definition) is 7. The number of thiophene rings is 1. The van der Waals surface area contributed by atoms with Gasteiger partial charge in [-0.25, -0.2) is 14.6 Å². The average molecular weight is 464 g/mol. The molecule has 0 spiro atoms. The number of nitrogens with one attached hydrogen (secondary N) is 1. The number of amides is 1. The van der Waals surface area contributed by atoms with Crippen LogP contribution in [0.5, 0.6) is 0 Å². The van der Waals surface area contributed by atoms with Crippen molar-refractivity contribution in [1.82, 2.24) is 9.38 Å². The highest BCUT2D eigenvalue weighted by Gasteiger charge is 2.23. The van der Waals surface area contributed by atoms with Crippen LogP contribution in [0.3, 0.4) is 0 Å². The number of anilines is 1. The van der Waals surface area contributed by atoms with Crippen LogP contribution in [0, 0.1) is 6.92 Å². The Hall–Kier alpha value is -3.98. The van der Waals surface area contributed by atoms with Crippen molar-refractivity contribution in [3.05, 3.63) is 77.1 Å². The third-order valence-corrected chi connectivity index (χ3v) is 5.74. The summed E-state index contributed by atoms with van der Waals surface area (Å²) in [5.41, 5.74) is 3.38. The highest BCUT2D eigenvalue weighted by atomic mass is 32.1. The molecule has 33 heavy (non-hydrogen) atoms. The summed E-state index contributed by atoms with van der Waals surface area (Å²) in [6.45, 7) is 3.28. The van der Waals surface area contributed by atoms with Crippen molar-refractivity contribution < 1.29 is 23.9 Å². The Morgan fingerprint density at radius 3 is 2.55 bits per heavy atom. The van der Waals surface area contributed by atoms with E-state index in [0.717, 1.165) is 11.3 Å². The molecule has 0 unspecified atom stereocenters. The van der Waals surface area contributed by atoms with Crippen LogP contribution in [0.1, 0.15) is 33.5 Å². The summed E-state index contributed by atoms with van der Waals surface area (Å²) in [6, 6.07) is 14.8. The molecule has 0 radical (unpaired) electrons. The minimum absolute atomic E-state index is 0.104. The lowest BCUT2D eigenvalue weighted by Gasteiger charge is -2.09. The van der Waals surface area contributed by atoms with E-state index in [1.165, 1.54) is 11.3 Å². The molecule has 0 saturated heterocycles. The fourth-order valence-electron chi connectivity index (χ4n) is 3.30. The molecule has 0 fully saturated rings. The normalized spacial score (nSPS) is 10.7. The summed E-state index contributed by atoms with van der Waals surface area (Å²) < 4.78 is 12.1. The van der Waals surface area contributed by atoms with Gasteiger partial charge in [0, 0.05) is 22.8 Å². The number of pyridine rings is 1. The first-order chi connectivity index (χ1) is 16.0. The largest absolute Gasteiger partial charge is 0.462 e. The third-order valence-electron chi connectivity index (χ3n) is 4.85. The number of fused-ring (bicyclic) bond motifs is 1. The molecular weight excluding hydrogens is 442 g/mol. The lowest BCUT2D eigenvalue weighted by atomic mass is 10.0. The fraction of sp³-hybridized carbons (Fsp3) is 0.167. The molecule has 1 aromatic carbocycles. The Bertz CT molecular complexity index is 1330. The standard InChI is InChI=1S/C24H21N3O5S/c1-3-31-24(30)21-17(16-9-5-4-6-10-16)14-33-22(21)26-20(28)13-32-23(29)18-12-27-15(2)8-7-11-19(27)25-18/h4-12,14H,3,13H2,1-2H3,(H,26,28). The van der Waals surface area contributed by atoms with Crippen LogP contribution < -0.4 is 5.32 Å². The summed E-state index contributed by atoms with van der Waals surface area (Å²) >= 11 is 1.20. The molecule has 0 aliphatic heterocycles. The quantitative estimate of drug-likeness (QED) is 0.409. The van der Waals surface area contributed by atoms with Crippen LogP contribution >= 0.6 is 11.3 Å². The van der Waals surface area contributed by atoms with E-state index < -0.39 is 24.5 Å². The van der Waals surface area contributed by atoms with Crippen LogP contribution in [-0.2, 0) is 14.3 Å². The van der Waals surface area contributed by atoms with Crippen LogP contribution in [0.2, 0.25) is 0 Å². The second kappa shape index (κ2) is 9.66. The van der Waals surface area contributed by atoms with E-state index in [4.69, 9.17) is 9.47 Å². The molecule has 1 amide bonds. The first kappa shape index (κ1) is 22.2. The van der Waals surface area contributed by atoms with Gasteiger partial charge < -0.3 is 19.2 Å². The maximum absolute atomic E-state index is 12.6.